The Hall–Kier alpha value is -12.6. The van der Waals surface area contributed by atoms with Crippen molar-refractivity contribution in [2.24, 2.45) is 0 Å². The number of carboxylic acids is 2. The van der Waals surface area contributed by atoms with Crippen LogP contribution in [0.5, 0.6) is 0 Å². The molecule has 0 aliphatic rings. The van der Waals surface area contributed by atoms with Gasteiger partial charge in [0.15, 0.2) is 11.9 Å². The number of amides is 8. The van der Waals surface area contributed by atoms with Gasteiger partial charge < -0.3 is 92.0 Å². The molecule has 4 aromatic heterocycles. The molecule has 2 atom stereocenters. The summed E-state index contributed by atoms with van der Waals surface area (Å²) in [5, 5.41) is 56.1. The largest absolute Gasteiger partial charge is 0.480 e. The summed E-state index contributed by atoms with van der Waals surface area (Å²) >= 11 is 0. The number of pyridine rings is 2. The predicted molar refractivity (Wildman–Crippen MR) is 467 cm³/mol. The highest BCUT2D eigenvalue weighted by molar-refractivity contribution is 7.90. The number of anilines is 2. The number of carboxylic acid groups (broad SMARTS) is 2. The van der Waals surface area contributed by atoms with Gasteiger partial charge in [0.25, 0.3) is 17.7 Å². The minimum atomic E-state index is -4.37. The minimum Gasteiger partial charge on any atom is -0.480 e. The summed E-state index contributed by atoms with van der Waals surface area (Å²) < 4.78 is 72.7. The van der Waals surface area contributed by atoms with E-state index < -0.39 is 91.6 Å². The number of hydrogen-bond acceptors (Lipinski definition) is 23. The summed E-state index contributed by atoms with van der Waals surface area (Å²) in [4.78, 5) is 170. The monoisotopic (exact) mass is 1770 g/mol. The number of nitrogens with zero attached hydrogens (tertiary/aromatic N) is 4. The molecular formula is C84H113N19O20S2. The SMILES string of the molecule is C.Cc1cc(C)c(S(=O)(=O)NC(CNC(=O)c2cn(CCCNC(=O)CCC(=O)NCCCOCCCNC(=O)CCC(=N)C(=O)NCCCOCCCNC(=O)CCC(=O)NCCCn3cc(C(=O)NCC(NS(=O)(=O)c4c(C)cc(C)cc4C)C(=O)O)c(=O)c4ccc(CNc5ncc[nH]5)cc43)c3cc(CNc4ncc[nH]4)ccc3c2=O)C(=O)O)c(C)c1. The zero-order valence-corrected chi connectivity index (χ0v) is 71.7. The molecule has 39 nitrogen and oxygen atoms in total. The lowest BCUT2D eigenvalue weighted by atomic mass is 10.1. The molecule has 125 heavy (non-hydrogen) atoms. The number of hydrogen-bond donors (Lipinski definition) is 17. The van der Waals surface area contributed by atoms with Crippen molar-refractivity contribution in [2.75, 3.05) is 89.4 Å². The number of fused-ring (bicyclic) bond motifs is 2. The molecule has 0 bridgehead atoms. The Morgan fingerprint density at radius 1 is 0.456 bits per heavy atom. The molecule has 0 spiro atoms. The van der Waals surface area contributed by atoms with E-state index in [9.17, 15) is 84.6 Å². The van der Waals surface area contributed by atoms with Gasteiger partial charge in [-0.2, -0.15) is 9.44 Å². The van der Waals surface area contributed by atoms with E-state index in [-0.39, 0.29) is 159 Å². The van der Waals surface area contributed by atoms with Crippen molar-refractivity contribution in [3.63, 3.8) is 0 Å². The molecule has 676 valence electrons. The number of sulfonamides is 2. The third kappa shape index (κ3) is 31.3. The van der Waals surface area contributed by atoms with Crippen LogP contribution in [0.3, 0.4) is 0 Å². The molecule has 0 saturated heterocycles. The topological polar surface area (TPSA) is 567 Å². The van der Waals surface area contributed by atoms with Crippen molar-refractivity contribution >= 4 is 119 Å². The molecule has 0 aliphatic heterocycles. The van der Waals surface area contributed by atoms with Crippen molar-refractivity contribution in [2.45, 2.75) is 174 Å². The Morgan fingerprint density at radius 3 is 1.11 bits per heavy atom. The van der Waals surface area contributed by atoms with E-state index in [4.69, 9.17) is 14.9 Å². The molecule has 8 amide bonds. The van der Waals surface area contributed by atoms with Crippen LogP contribution in [0.15, 0.2) is 117 Å². The van der Waals surface area contributed by atoms with Crippen molar-refractivity contribution < 1.29 is 84.5 Å². The second-order valence-corrected chi connectivity index (χ2v) is 32.9. The number of aliphatic carboxylic acids is 2. The zero-order valence-electron chi connectivity index (χ0n) is 70.0. The van der Waals surface area contributed by atoms with Gasteiger partial charge in [-0.05, 0) is 138 Å². The Morgan fingerprint density at radius 2 is 0.784 bits per heavy atom. The van der Waals surface area contributed by atoms with E-state index in [1.54, 1.807) is 136 Å². The maximum atomic E-state index is 13.9. The standard InChI is InChI=1S/C83H109N19O20S2.CH4/c1-51-39-53(3)75(54(4)40-51)123(117,118)99-64(80(113)114)47-95-77(110)61-49-101(66-43-57(13-15-59(66)73(61)108)45-97-82-91-29-30-92-82)33-7-23-85-69(104)19-21-71(106)88-26-10-36-121-35-9-25-87-68(103)18-17-63(84)79(112)90-28-12-38-122-37-11-27-89-72(107)22-20-70(105)86-24-8-34-102-50-62(74(109)60-16-14-58(44-67(60)102)46-98-83-93-31-32-94-83)78(111)96-48-65(81(115)116)100-124(119,120)76-55(5)41-52(2)42-56(76)6;/h13-16,29-32,39-44,49-50,64-65,84,99-100H,7-12,17-28,33-38,45-48H2,1-6H3,(H,85,104)(H,86,105)(H,87,103)(H,88,106)(H,89,107)(H,90,112)(H,95,110)(H,96,111)(H,113,114)(H,115,116)(H2,91,92,97)(H2,93,94,98);1H4. The molecule has 0 radical (unpaired) electrons. The Bertz CT molecular complexity index is 5460. The maximum absolute atomic E-state index is 13.9. The number of aromatic nitrogens is 6. The van der Waals surface area contributed by atoms with Gasteiger partial charge in [0, 0.05) is 191 Å². The summed E-state index contributed by atoms with van der Waals surface area (Å²) in [6.45, 7) is 12.1. The van der Waals surface area contributed by atoms with Crippen molar-refractivity contribution in [1.29, 1.82) is 5.41 Å². The number of carbonyl (C=O) groups excluding carboxylic acids is 8. The van der Waals surface area contributed by atoms with Gasteiger partial charge in [-0.15, -0.1) is 0 Å². The van der Waals surface area contributed by atoms with Crippen LogP contribution in [0.4, 0.5) is 11.9 Å². The van der Waals surface area contributed by atoms with E-state index in [2.05, 4.69) is 82.5 Å². The van der Waals surface area contributed by atoms with Gasteiger partial charge >= 0.3 is 11.9 Å². The molecule has 17 N–H and O–H groups in total. The molecule has 0 saturated carbocycles. The van der Waals surface area contributed by atoms with E-state index >= 15 is 0 Å². The fraction of sp³-hybridized carbons (Fsp3) is 0.440. The summed E-state index contributed by atoms with van der Waals surface area (Å²) in [6, 6.07) is 13.1. The Kier molecular flexibility index (Phi) is 39.1. The highest BCUT2D eigenvalue weighted by Crippen LogP contribution is 2.25. The number of imidazole rings is 2. The van der Waals surface area contributed by atoms with E-state index in [1.807, 2.05) is 0 Å². The normalized spacial score (nSPS) is 11.8. The molecule has 2 unspecified atom stereocenters. The van der Waals surface area contributed by atoms with Crippen LogP contribution in [0.2, 0.25) is 0 Å². The number of aryl methyl sites for hydroxylation is 8. The molecule has 4 heterocycles. The summed E-state index contributed by atoms with van der Waals surface area (Å²) in [5.41, 5.74) is 3.43. The minimum absolute atomic E-state index is 0. The first kappa shape index (κ1) is 99.5. The summed E-state index contributed by atoms with van der Waals surface area (Å²) in [5.74, 6) is -6.43. The maximum Gasteiger partial charge on any atom is 0.323 e. The van der Waals surface area contributed by atoms with Gasteiger partial charge in [0.1, 0.15) is 23.2 Å². The fourth-order valence-electron chi connectivity index (χ4n) is 13.6. The van der Waals surface area contributed by atoms with Gasteiger partial charge in [-0.1, -0.05) is 55.0 Å². The smallest absolute Gasteiger partial charge is 0.323 e. The van der Waals surface area contributed by atoms with E-state index in [0.717, 1.165) is 22.3 Å². The first-order valence-electron chi connectivity index (χ1n) is 40.5. The Labute approximate surface area is 723 Å². The average Bonchev–Trinajstić information content (AvgIpc) is 1.27. The summed E-state index contributed by atoms with van der Waals surface area (Å²) in [6.07, 6.45) is 11.1. The number of rotatable bonds is 54. The number of benzene rings is 4. The number of H-pyrrole nitrogens is 2. The number of aromatic amines is 2. The molecular weight excluding hydrogens is 1660 g/mol. The van der Waals surface area contributed by atoms with Crippen LogP contribution < -0.4 is 73.5 Å². The highest BCUT2D eigenvalue weighted by atomic mass is 32.2. The predicted octanol–water partition coefficient (Wildman–Crippen LogP) is 3.93. The molecule has 0 fully saturated rings. The lowest BCUT2D eigenvalue weighted by Crippen LogP contribution is -2.49. The molecule has 4 aromatic carbocycles. The number of ether oxygens (including phenoxy) is 2. The van der Waals surface area contributed by atoms with E-state index in [1.165, 1.54) is 12.4 Å². The number of nitrogens with one attached hydrogen (secondary N) is 15. The summed E-state index contributed by atoms with van der Waals surface area (Å²) in [7, 11) is -8.75. The number of carbonyl (C=O) groups is 10. The van der Waals surface area contributed by atoms with Crippen LogP contribution in [-0.4, -0.2) is 212 Å². The third-order valence-corrected chi connectivity index (χ3v) is 23.1. The van der Waals surface area contributed by atoms with Gasteiger partial charge in [0.2, 0.25) is 60.4 Å². The van der Waals surface area contributed by atoms with Crippen LogP contribution in [0.1, 0.15) is 150 Å². The molecule has 41 heteroatoms. The first-order chi connectivity index (χ1) is 59.2. The van der Waals surface area contributed by atoms with Gasteiger partial charge in [-0.25, -0.2) is 26.8 Å². The zero-order chi connectivity index (χ0) is 90.0. The van der Waals surface area contributed by atoms with Crippen LogP contribution >= 0.6 is 0 Å². The van der Waals surface area contributed by atoms with Crippen LogP contribution in [-0.2, 0) is 94.1 Å². The van der Waals surface area contributed by atoms with Crippen LogP contribution in [0.25, 0.3) is 21.8 Å². The quantitative estimate of drug-likeness (QED) is 0.0190. The fourth-order valence-corrected chi connectivity index (χ4v) is 16.9. The second-order valence-electron chi connectivity index (χ2n) is 29.6. The first-order valence-corrected chi connectivity index (χ1v) is 43.5. The van der Waals surface area contributed by atoms with Gasteiger partial charge in [0.05, 0.1) is 26.5 Å². The van der Waals surface area contributed by atoms with Gasteiger partial charge in [-0.3, -0.25) is 62.9 Å². The van der Waals surface area contributed by atoms with Crippen molar-refractivity contribution in [1.82, 2.24) is 81.0 Å². The molecule has 8 rings (SSSR count). The molecule has 0 aliphatic carbocycles. The average molecular weight is 1770 g/mol. The van der Waals surface area contributed by atoms with Crippen molar-refractivity contribution in [3.05, 3.63) is 174 Å². The molecule has 8 aromatic rings. The second kappa shape index (κ2) is 49.1. The highest BCUT2D eigenvalue weighted by Gasteiger charge is 2.32. The lowest BCUT2D eigenvalue weighted by molar-refractivity contribution is -0.139. The Balaban J connectivity index is 0.0000215. The third-order valence-electron chi connectivity index (χ3n) is 19.5. The van der Waals surface area contributed by atoms with Crippen molar-refractivity contribution in [3.8, 4) is 0 Å². The lowest BCUT2D eigenvalue weighted by Gasteiger charge is -2.19. The van der Waals surface area contributed by atoms with Crippen LogP contribution in [0, 0.1) is 47.0 Å². The van der Waals surface area contributed by atoms with E-state index in [0.29, 0.717) is 123 Å².